The normalized spacial score (nSPS) is 22.2. The maximum absolute atomic E-state index is 12.5. The fraction of sp³-hybridized carbons (Fsp3) is 0.467. The third-order valence-electron chi connectivity index (χ3n) is 3.81. The van der Waals surface area contributed by atoms with E-state index in [1.165, 1.54) is 11.3 Å². The van der Waals surface area contributed by atoms with Gasteiger partial charge in [0.05, 0.1) is 10.6 Å². The number of piperidine rings is 1. The standard InChI is InChI=1S/C15H19N3OS2/c1-9-11(5-3-7-16-9)18-14(19)13-10(2)17-15(21-13)12-6-4-8-20-12/h4,6,8-9,11,16H,3,5,7H2,1-2H3,(H,18,19). The van der Waals surface area contributed by atoms with Crippen molar-refractivity contribution in [3.8, 4) is 9.88 Å². The third-order valence-corrected chi connectivity index (χ3v) is 6.01. The molecule has 3 rings (SSSR count). The van der Waals surface area contributed by atoms with Crippen molar-refractivity contribution < 1.29 is 4.79 Å². The molecule has 0 radical (unpaired) electrons. The van der Waals surface area contributed by atoms with Crippen molar-refractivity contribution in [3.05, 3.63) is 28.1 Å². The summed E-state index contributed by atoms with van der Waals surface area (Å²) in [6, 6.07) is 4.58. The zero-order chi connectivity index (χ0) is 14.8. The van der Waals surface area contributed by atoms with Gasteiger partial charge in [-0.3, -0.25) is 4.79 Å². The van der Waals surface area contributed by atoms with E-state index >= 15 is 0 Å². The molecule has 0 aromatic carbocycles. The number of thiophene rings is 1. The zero-order valence-corrected chi connectivity index (χ0v) is 13.8. The molecule has 0 aliphatic carbocycles. The summed E-state index contributed by atoms with van der Waals surface area (Å²) in [5, 5.41) is 9.52. The predicted molar refractivity (Wildman–Crippen MR) is 88.1 cm³/mol. The van der Waals surface area contributed by atoms with Crippen LogP contribution < -0.4 is 10.6 Å². The maximum Gasteiger partial charge on any atom is 0.263 e. The lowest BCUT2D eigenvalue weighted by molar-refractivity contribution is 0.0923. The summed E-state index contributed by atoms with van der Waals surface area (Å²) in [6.07, 6.45) is 2.15. The molecule has 0 bridgehead atoms. The van der Waals surface area contributed by atoms with E-state index in [9.17, 15) is 4.79 Å². The van der Waals surface area contributed by atoms with Crippen molar-refractivity contribution in [2.75, 3.05) is 6.54 Å². The summed E-state index contributed by atoms with van der Waals surface area (Å²) in [5.74, 6) is 0.00774. The minimum absolute atomic E-state index is 0.00774. The first-order chi connectivity index (χ1) is 10.1. The molecule has 1 amide bonds. The lowest BCUT2D eigenvalue weighted by Gasteiger charge is -2.30. The van der Waals surface area contributed by atoms with E-state index in [4.69, 9.17) is 0 Å². The number of aromatic nitrogens is 1. The first-order valence-electron chi connectivity index (χ1n) is 7.20. The lowest BCUT2D eigenvalue weighted by atomic mass is 10.00. The largest absolute Gasteiger partial charge is 0.347 e. The fourth-order valence-corrected chi connectivity index (χ4v) is 4.35. The van der Waals surface area contributed by atoms with Gasteiger partial charge in [-0.15, -0.1) is 22.7 Å². The van der Waals surface area contributed by atoms with Crippen molar-refractivity contribution in [1.82, 2.24) is 15.6 Å². The number of amides is 1. The maximum atomic E-state index is 12.5. The number of nitrogens with one attached hydrogen (secondary N) is 2. The average molecular weight is 321 g/mol. The molecule has 2 N–H and O–H groups in total. The van der Waals surface area contributed by atoms with Gasteiger partial charge in [0, 0.05) is 12.1 Å². The van der Waals surface area contributed by atoms with Gasteiger partial charge in [0.15, 0.2) is 0 Å². The number of carbonyl (C=O) groups excluding carboxylic acids is 1. The van der Waals surface area contributed by atoms with Crippen LogP contribution in [0.25, 0.3) is 9.88 Å². The van der Waals surface area contributed by atoms with Crippen molar-refractivity contribution in [3.63, 3.8) is 0 Å². The van der Waals surface area contributed by atoms with E-state index < -0.39 is 0 Å². The van der Waals surface area contributed by atoms with Crippen LogP contribution in [0.2, 0.25) is 0 Å². The third kappa shape index (κ3) is 3.17. The van der Waals surface area contributed by atoms with E-state index in [1.54, 1.807) is 11.3 Å². The number of thiazole rings is 1. The lowest BCUT2D eigenvalue weighted by Crippen LogP contribution is -2.51. The van der Waals surface area contributed by atoms with Gasteiger partial charge in [0.1, 0.15) is 9.88 Å². The quantitative estimate of drug-likeness (QED) is 0.913. The molecule has 1 aliphatic rings. The molecule has 1 fully saturated rings. The average Bonchev–Trinajstić information content (AvgIpc) is 3.10. The molecule has 21 heavy (non-hydrogen) atoms. The summed E-state index contributed by atoms with van der Waals surface area (Å²) in [6.45, 7) is 5.07. The Morgan fingerprint density at radius 3 is 3.10 bits per heavy atom. The second kappa shape index (κ2) is 6.25. The molecule has 2 unspecified atom stereocenters. The molecular formula is C15H19N3OS2. The summed E-state index contributed by atoms with van der Waals surface area (Å²) in [5.41, 5.74) is 0.817. The van der Waals surface area contributed by atoms with Crippen LogP contribution in [0.15, 0.2) is 17.5 Å². The summed E-state index contributed by atoms with van der Waals surface area (Å²) in [4.78, 5) is 18.9. The number of hydrogen-bond donors (Lipinski definition) is 2. The van der Waals surface area contributed by atoms with E-state index in [-0.39, 0.29) is 11.9 Å². The highest BCUT2D eigenvalue weighted by Crippen LogP contribution is 2.31. The van der Waals surface area contributed by atoms with Crippen LogP contribution in [0, 0.1) is 6.92 Å². The highest BCUT2D eigenvalue weighted by Gasteiger charge is 2.25. The number of aryl methyl sites for hydroxylation is 1. The van der Waals surface area contributed by atoms with Gasteiger partial charge in [0.25, 0.3) is 5.91 Å². The molecule has 2 aromatic rings. The number of carbonyl (C=O) groups is 1. The minimum atomic E-state index is 0.00774. The summed E-state index contributed by atoms with van der Waals surface area (Å²) < 4.78 is 0. The predicted octanol–water partition coefficient (Wildman–Crippen LogP) is 3.05. The Labute approximate surface area is 132 Å². The molecule has 2 atom stereocenters. The number of hydrogen-bond acceptors (Lipinski definition) is 5. The van der Waals surface area contributed by atoms with E-state index in [2.05, 4.69) is 22.5 Å². The van der Waals surface area contributed by atoms with Crippen LogP contribution in [0.5, 0.6) is 0 Å². The van der Waals surface area contributed by atoms with Gasteiger partial charge < -0.3 is 10.6 Å². The van der Waals surface area contributed by atoms with Crippen LogP contribution in [0.1, 0.15) is 35.1 Å². The van der Waals surface area contributed by atoms with E-state index in [1.807, 2.05) is 24.4 Å². The van der Waals surface area contributed by atoms with Crippen LogP contribution >= 0.6 is 22.7 Å². The molecular weight excluding hydrogens is 302 g/mol. The molecule has 0 spiro atoms. The van der Waals surface area contributed by atoms with Gasteiger partial charge in [-0.25, -0.2) is 4.98 Å². The van der Waals surface area contributed by atoms with Crippen molar-refractivity contribution >= 4 is 28.6 Å². The Hall–Kier alpha value is -1.24. The molecule has 112 valence electrons. The molecule has 0 saturated carbocycles. The van der Waals surface area contributed by atoms with Crippen molar-refractivity contribution in [2.45, 2.75) is 38.8 Å². The SMILES string of the molecule is Cc1nc(-c2cccs2)sc1C(=O)NC1CCCNC1C. The highest BCUT2D eigenvalue weighted by atomic mass is 32.1. The molecule has 3 heterocycles. The van der Waals surface area contributed by atoms with Crippen LogP contribution in [0.4, 0.5) is 0 Å². The Balaban J connectivity index is 1.75. The minimum Gasteiger partial charge on any atom is -0.347 e. The molecule has 1 saturated heterocycles. The topological polar surface area (TPSA) is 54.0 Å². The first kappa shape index (κ1) is 14.7. The van der Waals surface area contributed by atoms with E-state index in [0.29, 0.717) is 6.04 Å². The van der Waals surface area contributed by atoms with E-state index in [0.717, 1.165) is 39.8 Å². The van der Waals surface area contributed by atoms with Crippen molar-refractivity contribution in [2.24, 2.45) is 0 Å². The van der Waals surface area contributed by atoms with Gasteiger partial charge in [-0.1, -0.05) is 6.07 Å². The number of rotatable bonds is 3. The van der Waals surface area contributed by atoms with Crippen LogP contribution in [-0.2, 0) is 0 Å². The van der Waals surface area contributed by atoms with Crippen LogP contribution in [0.3, 0.4) is 0 Å². The monoisotopic (exact) mass is 321 g/mol. The highest BCUT2D eigenvalue weighted by molar-refractivity contribution is 7.22. The fourth-order valence-electron chi connectivity index (χ4n) is 2.59. The van der Waals surface area contributed by atoms with Gasteiger partial charge in [-0.2, -0.15) is 0 Å². The van der Waals surface area contributed by atoms with Gasteiger partial charge in [-0.05, 0) is 44.7 Å². The molecule has 4 nitrogen and oxygen atoms in total. The van der Waals surface area contributed by atoms with Crippen LogP contribution in [-0.4, -0.2) is 29.5 Å². The molecule has 6 heteroatoms. The second-order valence-electron chi connectivity index (χ2n) is 5.38. The molecule has 1 aliphatic heterocycles. The van der Waals surface area contributed by atoms with Gasteiger partial charge in [0.2, 0.25) is 0 Å². The Bertz CT molecular complexity index is 621. The second-order valence-corrected chi connectivity index (χ2v) is 7.32. The Kier molecular flexibility index (Phi) is 4.37. The Morgan fingerprint density at radius 2 is 2.38 bits per heavy atom. The zero-order valence-electron chi connectivity index (χ0n) is 12.2. The van der Waals surface area contributed by atoms with Gasteiger partial charge >= 0.3 is 0 Å². The smallest absolute Gasteiger partial charge is 0.263 e. The van der Waals surface area contributed by atoms with Crippen molar-refractivity contribution in [1.29, 1.82) is 0 Å². The molecule has 2 aromatic heterocycles. The summed E-state index contributed by atoms with van der Waals surface area (Å²) >= 11 is 3.13. The summed E-state index contributed by atoms with van der Waals surface area (Å²) in [7, 11) is 0. The Morgan fingerprint density at radius 1 is 1.52 bits per heavy atom. The first-order valence-corrected chi connectivity index (χ1v) is 8.90. The number of nitrogens with zero attached hydrogens (tertiary/aromatic N) is 1.